The van der Waals surface area contributed by atoms with Crippen molar-refractivity contribution in [1.29, 1.82) is 0 Å². The Labute approximate surface area is 178 Å². The quantitative estimate of drug-likeness (QED) is 0.598. The minimum absolute atomic E-state index is 0.294. The summed E-state index contributed by atoms with van der Waals surface area (Å²) in [5, 5.41) is 17.0. The number of hydrogen-bond acceptors (Lipinski definition) is 7. The molecule has 1 unspecified atom stereocenters. The van der Waals surface area contributed by atoms with Gasteiger partial charge < -0.3 is 24.6 Å². The van der Waals surface area contributed by atoms with Gasteiger partial charge >= 0.3 is 0 Å². The number of nitrogens with zero attached hydrogens (tertiary/aromatic N) is 2. The molecule has 2 aromatic carbocycles. The molecule has 1 heterocycles. The Bertz CT molecular complexity index is 1160. The highest BCUT2D eigenvalue weighted by atomic mass is 16.5. The fourth-order valence-electron chi connectivity index (χ4n) is 3.06. The van der Waals surface area contributed by atoms with E-state index in [1.807, 2.05) is 0 Å². The number of aromatic nitrogens is 2. The molecule has 3 aromatic rings. The third kappa shape index (κ3) is 4.45. The van der Waals surface area contributed by atoms with E-state index < -0.39 is 23.3 Å². The number of hydrogen-bond donors (Lipinski definition) is 2. The lowest BCUT2D eigenvalue weighted by Gasteiger charge is -2.17. The van der Waals surface area contributed by atoms with Crippen molar-refractivity contribution in [2.45, 2.75) is 13.0 Å². The number of methoxy groups -OCH3 is 3. The fraction of sp³-hybridized carbons (Fsp3) is 0.227. The van der Waals surface area contributed by atoms with Crippen LogP contribution < -0.4 is 25.1 Å². The van der Waals surface area contributed by atoms with Gasteiger partial charge in [0.05, 0.1) is 27.4 Å². The molecule has 1 amide bonds. The second kappa shape index (κ2) is 9.21. The summed E-state index contributed by atoms with van der Waals surface area (Å²) >= 11 is 0. The van der Waals surface area contributed by atoms with Gasteiger partial charge in [-0.3, -0.25) is 9.59 Å². The van der Waals surface area contributed by atoms with E-state index in [-0.39, 0.29) is 5.69 Å². The van der Waals surface area contributed by atoms with Gasteiger partial charge in [0.1, 0.15) is 11.4 Å². The highest BCUT2D eigenvalue weighted by Crippen LogP contribution is 2.30. The molecule has 0 aliphatic rings. The van der Waals surface area contributed by atoms with Crippen LogP contribution in [0.1, 0.15) is 29.0 Å². The molecule has 0 radical (unpaired) electrons. The Morgan fingerprint density at radius 1 is 1.00 bits per heavy atom. The van der Waals surface area contributed by atoms with Gasteiger partial charge in [0.15, 0.2) is 22.9 Å². The molecule has 0 saturated carbocycles. The van der Waals surface area contributed by atoms with Crippen LogP contribution in [0.25, 0.3) is 5.69 Å². The number of benzene rings is 2. The summed E-state index contributed by atoms with van der Waals surface area (Å²) in [5.74, 6) is 0.309. The van der Waals surface area contributed by atoms with E-state index in [1.165, 1.54) is 21.3 Å². The highest BCUT2D eigenvalue weighted by Gasteiger charge is 2.21. The molecule has 0 spiro atoms. The van der Waals surface area contributed by atoms with Crippen LogP contribution in [0, 0.1) is 0 Å². The van der Waals surface area contributed by atoms with Crippen molar-refractivity contribution in [3.8, 4) is 28.7 Å². The Balaban J connectivity index is 1.92. The average Bonchev–Trinajstić information content (AvgIpc) is 2.78. The molecule has 9 nitrogen and oxygen atoms in total. The van der Waals surface area contributed by atoms with Crippen molar-refractivity contribution in [2.75, 3.05) is 21.3 Å². The summed E-state index contributed by atoms with van der Waals surface area (Å²) in [6, 6.07) is 12.5. The molecule has 1 aromatic heterocycles. The van der Waals surface area contributed by atoms with Crippen molar-refractivity contribution in [1.82, 2.24) is 15.1 Å². The lowest BCUT2D eigenvalue weighted by molar-refractivity contribution is 0.0929. The van der Waals surface area contributed by atoms with Crippen LogP contribution in [-0.4, -0.2) is 42.1 Å². The van der Waals surface area contributed by atoms with Crippen LogP contribution in [0.4, 0.5) is 0 Å². The van der Waals surface area contributed by atoms with E-state index in [2.05, 4.69) is 10.4 Å². The fourth-order valence-corrected chi connectivity index (χ4v) is 3.06. The van der Waals surface area contributed by atoms with Gasteiger partial charge in [-0.1, -0.05) is 18.2 Å². The Morgan fingerprint density at radius 2 is 1.68 bits per heavy atom. The molecule has 0 fully saturated rings. The van der Waals surface area contributed by atoms with E-state index >= 15 is 0 Å². The van der Waals surface area contributed by atoms with E-state index in [4.69, 9.17) is 14.2 Å². The van der Waals surface area contributed by atoms with Gasteiger partial charge in [-0.25, -0.2) is 0 Å². The van der Waals surface area contributed by atoms with E-state index in [1.54, 1.807) is 49.4 Å². The van der Waals surface area contributed by atoms with Crippen molar-refractivity contribution < 1.29 is 24.1 Å². The summed E-state index contributed by atoms with van der Waals surface area (Å²) in [5.41, 5.74) is 0.199. The van der Waals surface area contributed by atoms with Crippen molar-refractivity contribution >= 4 is 5.91 Å². The Kier molecular flexibility index (Phi) is 6.44. The van der Waals surface area contributed by atoms with Crippen molar-refractivity contribution in [2.24, 2.45) is 0 Å². The predicted octanol–water partition coefficient (Wildman–Crippen LogP) is 2.45. The minimum atomic E-state index is -0.650. The van der Waals surface area contributed by atoms with Gasteiger partial charge in [0.25, 0.3) is 11.5 Å². The third-order valence-electron chi connectivity index (χ3n) is 4.70. The first-order valence-corrected chi connectivity index (χ1v) is 9.39. The second-order valence-corrected chi connectivity index (χ2v) is 6.61. The first-order valence-electron chi connectivity index (χ1n) is 9.39. The normalized spacial score (nSPS) is 11.5. The molecular weight excluding hydrogens is 402 g/mol. The minimum Gasteiger partial charge on any atom is -0.505 e. The topological polar surface area (TPSA) is 112 Å². The van der Waals surface area contributed by atoms with Crippen LogP contribution in [0.5, 0.6) is 23.0 Å². The average molecular weight is 425 g/mol. The molecule has 162 valence electrons. The number of carbonyl (C=O) groups excluding carboxylic acids is 1. The molecule has 3 rings (SSSR count). The molecule has 0 aliphatic carbocycles. The summed E-state index contributed by atoms with van der Waals surface area (Å²) in [6.07, 6.45) is 0. The summed E-state index contributed by atoms with van der Waals surface area (Å²) < 4.78 is 16.8. The summed E-state index contributed by atoms with van der Waals surface area (Å²) in [7, 11) is 4.52. The lowest BCUT2D eigenvalue weighted by Crippen LogP contribution is -2.31. The monoisotopic (exact) mass is 425 g/mol. The smallest absolute Gasteiger partial charge is 0.276 e. The van der Waals surface area contributed by atoms with Crippen molar-refractivity contribution in [3.05, 3.63) is 70.1 Å². The maximum absolute atomic E-state index is 12.8. The molecule has 9 heteroatoms. The van der Waals surface area contributed by atoms with Gasteiger partial charge in [-0.05, 0) is 36.8 Å². The predicted molar refractivity (Wildman–Crippen MR) is 113 cm³/mol. The number of aromatic hydroxyl groups is 1. The van der Waals surface area contributed by atoms with Gasteiger partial charge in [-0.15, -0.1) is 0 Å². The van der Waals surface area contributed by atoms with Crippen LogP contribution >= 0.6 is 0 Å². The number of amides is 1. The summed E-state index contributed by atoms with van der Waals surface area (Å²) in [4.78, 5) is 25.2. The maximum Gasteiger partial charge on any atom is 0.276 e. The highest BCUT2D eigenvalue weighted by molar-refractivity contribution is 5.94. The zero-order valence-electron chi connectivity index (χ0n) is 17.6. The maximum atomic E-state index is 12.8. The van der Waals surface area contributed by atoms with Crippen LogP contribution in [0.2, 0.25) is 0 Å². The molecule has 0 aliphatic heterocycles. The Morgan fingerprint density at radius 3 is 2.35 bits per heavy atom. The zero-order chi connectivity index (χ0) is 22.5. The molecule has 0 saturated heterocycles. The third-order valence-corrected chi connectivity index (χ3v) is 4.70. The number of nitrogens with one attached hydrogen (secondary N) is 1. The van der Waals surface area contributed by atoms with Gasteiger partial charge in [0, 0.05) is 6.07 Å². The zero-order valence-corrected chi connectivity index (χ0v) is 17.6. The van der Waals surface area contributed by atoms with Crippen LogP contribution in [0.3, 0.4) is 0 Å². The number of ether oxygens (including phenoxy) is 3. The number of para-hydroxylation sites is 2. The van der Waals surface area contributed by atoms with Gasteiger partial charge in [0.2, 0.25) is 0 Å². The molecular formula is C22H23N3O6. The molecule has 31 heavy (non-hydrogen) atoms. The Hall–Kier alpha value is -4.01. The molecule has 0 bridgehead atoms. The van der Waals surface area contributed by atoms with E-state index in [0.29, 0.717) is 22.9 Å². The second-order valence-electron chi connectivity index (χ2n) is 6.61. The van der Waals surface area contributed by atoms with Crippen molar-refractivity contribution in [3.63, 3.8) is 0 Å². The standard InChI is InChI=1S/C22H23N3O6/c1-13(14-9-10-18(30-3)19(11-14)31-4)23-22(28)21-16(26)12-20(27)25(24-21)15-7-5-6-8-17(15)29-2/h5-13,26H,1-4H3,(H,23,28). The lowest BCUT2D eigenvalue weighted by atomic mass is 10.1. The first kappa shape index (κ1) is 21.7. The number of rotatable bonds is 7. The van der Waals surface area contributed by atoms with E-state index in [0.717, 1.165) is 16.3 Å². The van der Waals surface area contributed by atoms with Crippen LogP contribution in [0.15, 0.2) is 53.3 Å². The van der Waals surface area contributed by atoms with E-state index in [9.17, 15) is 14.7 Å². The SMILES string of the molecule is COc1ccc(C(C)NC(=O)c2nn(-c3ccccc3OC)c(=O)cc2O)cc1OC. The molecule has 2 N–H and O–H groups in total. The molecule has 1 atom stereocenters. The first-order chi connectivity index (χ1) is 14.9. The van der Waals surface area contributed by atoms with Gasteiger partial charge in [-0.2, -0.15) is 9.78 Å². The van der Waals surface area contributed by atoms with Crippen LogP contribution in [-0.2, 0) is 0 Å². The summed E-state index contributed by atoms with van der Waals surface area (Å²) in [6.45, 7) is 1.77. The largest absolute Gasteiger partial charge is 0.505 e. The number of carbonyl (C=O) groups is 1.